The summed E-state index contributed by atoms with van der Waals surface area (Å²) >= 11 is 0. The zero-order valence-electron chi connectivity index (χ0n) is 11.7. The topological polar surface area (TPSA) is 66.6 Å². The van der Waals surface area contributed by atoms with E-state index in [2.05, 4.69) is 6.92 Å². The van der Waals surface area contributed by atoms with Gasteiger partial charge in [-0.2, -0.15) is 0 Å². The molecule has 1 aliphatic heterocycles. The number of carboxylic acids is 1. The number of carboxylic acid groups (broad SMARTS) is 1. The van der Waals surface area contributed by atoms with Gasteiger partial charge in [0.2, 0.25) is 0 Å². The van der Waals surface area contributed by atoms with Crippen LogP contribution < -0.4 is 10.6 Å². The molecule has 3 N–H and O–H groups in total. The highest BCUT2D eigenvalue weighted by Gasteiger charge is 2.23. The van der Waals surface area contributed by atoms with Crippen molar-refractivity contribution in [3.63, 3.8) is 0 Å². The van der Waals surface area contributed by atoms with Crippen LogP contribution in [-0.2, 0) is 0 Å². The van der Waals surface area contributed by atoms with Crippen molar-refractivity contribution in [2.45, 2.75) is 32.6 Å². The first kappa shape index (κ1) is 14.6. The first-order valence-corrected chi connectivity index (χ1v) is 7.10. The number of halogens is 1. The number of nitrogens with zero attached hydrogens (tertiary/aromatic N) is 1. The molecule has 0 saturated carbocycles. The first-order valence-electron chi connectivity index (χ1n) is 7.10. The summed E-state index contributed by atoms with van der Waals surface area (Å²) in [6.45, 7) is 3.77. The van der Waals surface area contributed by atoms with Crippen LogP contribution in [0, 0.1) is 11.7 Å². The van der Waals surface area contributed by atoms with Crippen LogP contribution in [0.15, 0.2) is 12.1 Å². The van der Waals surface area contributed by atoms with Crippen LogP contribution in [0.5, 0.6) is 0 Å². The van der Waals surface area contributed by atoms with Gasteiger partial charge in [-0.15, -0.1) is 0 Å². The molecule has 1 aromatic carbocycles. The van der Waals surface area contributed by atoms with Crippen LogP contribution >= 0.6 is 0 Å². The van der Waals surface area contributed by atoms with Crippen LogP contribution in [0.2, 0.25) is 0 Å². The van der Waals surface area contributed by atoms with Crippen molar-refractivity contribution in [3.8, 4) is 0 Å². The Kier molecular flexibility index (Phi) is 4.47. The lowest BCUT2D eigenvalue weighted by molar-refractivity contribution is 0.0698. The highest BCUT2D eigenvalue weighted by molar-refractivity contribution is 6.00. The maximum Gasteiger partial charge on any atom is 0.340 e. The van der Waals surface area contributed by atoms with Crippen LogP contribution in [0.3, 0.4) is 0 Å². The lowest BCUT2D eigenvalue weighted by Crippen LogP contribution is -2.27. The number of aromatic carboxylic acids is 1. The fraction of sp³-hybridized carbons (Fsp3) is 0.533. The van der Waals surface area contributed by atoms with Crippen LogP contribution in [-0.4, -0.2) is 24.2 Å². The van der Waals surface area contributed by atoms with Gasteiger partial charge in [-0.25, -0.2) is 9.18 Å². The number of hydrogen-bond donors (Lipinski definition) is 2. The van der Waals surface area contributed by atoms with Gasteiger partial charge in [0.25, 0.3) is 0 Å². The number of nitrogen functional groups attached to an aromatic ring is 1. The number of rotatable bonds is 3. The Bertz CT molecular complexity index is 505. The fourth-order valence-corrected chi connectivity index (χ4v) is 2.89. The summed E-state index contributed by atoms with van der Waals surface area (Å²) in [4.78, 5) is 13.4. The predicted octanol–water partition coefficient (Wildman–Crippen LogP) is 3.12. The Labute approximate surface area is 118 Å². The van der Waals surface area contributed by atoms with Crippen molar-refractivity contribution in [1.82, 2.24) is 0 Å². The standard InChI is InChI=1S/C15H21FN2O2/c1-2-10-4-3-8-18(9-7-10)12-6-5-11(16)14(17)13(12)15(19)20/h5-6,10H,2-4,7-9,17H2,1H3,(H,19,20). The molecule has 0 aliphatic carbocycles. The summed E-state index contributed by atoms with van der Waals surface area (Å²) in [7, 11) is 0. The molecule has 5 heteroatoms. The van der Waals surface area contributed by atoms with Gasteiger partial charge in [-0.1, -0.05) is 13.3 Å². The van der Waals surface area contributed by atoms with Gasteiger partial charge >= 0.3 is 5.97 Å². The van der Waals surface area contributed by atoms with Crippen molar-refractivity contribution in [1.29, 1.82) is 0 Å². The van der Waals surface area contributed by atoms with Crippen LogP contribution in [0.1, 0.15) is 43.0 Å². The van der Waals surface area contributed by atoms with Gasteiger partial charge in [0.1, 0.15) is 11.4 Å². The van der Waals surface area contributed by atoms with Crippen molar-refractivity contribution >= 4 is 17.3 Å². The third-order valence-corrected chi connectivity index (χ3v) is 4.15. The quantitative estimate of drug-likeness (QED) is 0.835. The second kappa shape index (κ2) is 6.11. The predicted molar refractivity (Wildman–Crippen MR) is 77.6 cm³/mol. The Hall–Kier alpha value is -1.78. The molecule has 2 rings (SSSR count). The third kappa shape index (κ3) is 2.86. The Morgan fingerprint density at radius 1 is 1.45 bits per heavy atom. The molecule has 1 saturated heterocycles. The Morgan fingerprint density at radius 3 is 2.85 bits per heavy atom. The van der Waals surface area contributed by atoms with Gasteiger partial charge in [0, 0.05) is 13.1 Å². The molecule has 1 aliphatic rings. The summed E-state index contributed by atoms with van der Waals surface area (Å²) in [5.41, 5.74) is 5.75. The lowest BCUT2D eigenvalue weighted by atomic mass is 9.98. The summed E-state index contributed by atoms with van der Waals surface area (Å²) in [5, 5.41) is 9.30. The van der Waals surface area contributed by atoms with Crippen molar-refractivity contribution < 1.29 is 14.3 Å². The molecule has 0 bridgehead atoms. The summed E-state index contributed by atoms with van der Waals surface area (Å²) in [5.74, 6) is -1.16. The molecule has 1 fully saturated rings. The SMILES string of the molecule is CCC1CCCN(c2ccc(F)c(N)c2C(=O)O)CC1. The van der Waals surface area contributed by atoms with E-state index >= 15 is 0 Å². The minimum atomic E-state index is -1.17. The summed E-state index contributed by atoms with van der Waals surface area (Å²) in [6.07, 6.45) is 4.36. The second-order valence-electron chi connectivity index (χ2n) is 5.35. The average molecular weight is 280 g/mol. The number of benzene rings is 1. The van der Waals surface area contributed by atoms with Gasteiger partial charge in [-0.05, 0) is 37.3 Å². The minimum Gasteiger partial charge on any atom is -0.478 e. The molecule has 0 aromatic heterocycles. The maximum absolute atomic E-state index is 13.5. The number of nitrogens with two attached hydrogens (primary N) is 1. The second-order valence-corrected chi connectivity index (χ2v) is 5.35. The van der Waals surface area contributed by atoms with Crippen LogP contribution in [0.25, 0.3) is 0 Å². The zero-order valence-corrected chi connectivity index (χ0v) is 11.7. The number of anilines is 2. The molecule has 1 atom stereocenters. The molecule has 1 heterocycles. The Morgan fingerprint density at radius 2 is 2.20 bits per heavy atom. The fourth-order valence-electron chi connectivity index (χ4n) is 2.89. The summed E-state index contributed by atoms with van der Waals surface area (Å²) in [6, 6.07) is 2.78. The monoisotopic (exact) mass is 280 g/mol. The van der Waals surface area contributed by atoms with Gasteiger partial charge in [0.15, 0.2) is 0 Å². The molecule has 4 nitrogen and oxygen atoms in total. The average Bonchev–Trinajstić information content (AvgIpc) is 2.66. The third-order valence-electron chi connectivity index (χ3n) is 4.15. The molecule has 0 amide bonds. The van der Waals surface area contributed by atoms with Crippen LogP contribution in [0.4, 0.5) is 15.8 Å². The van der Waals surface area contributed by atoms with Gasteiger partial charge in [-0.3, -0.25) is 0 Å². The normalized spacial score (nSPS) is 19.7. The van der Waals surface area contributed by atoms with Crippen molar-refractivity contribution in [2.75, 3.05) is 23.7 Å². The minimum absolute atomic E-state index is 0.111. The zero-order chi connectivity index (χ0) is 14.7. The van der Waals surface area contributed by atoms with E-state index in [4.69, 9.17) is 5.73 Å². The van der Waals surface area contributed by atoms with Crippen molar-refractivity contribution in [3.05, 3.63) is 23.5 Å². The first-order chi connectivity index (χ1) is 9.54. The highest BCUT2D eigenvalue weighted by Crippen LogP contribution is 2.31. The summed E-state index contributed by atoms with van der Waals surface area (Å²) < 4.78 is 13.5. The molecular weight excluding hydrogens is 259 g/mol. The molecule has 0 radical (unpaired) electrons. The number of hydrogen-bond acceptors (Lipinski definition) is 3. The van der Waals surface area contributed by atoms with E-state index in [0.717, 1.165) is 38.8 Å². The molecule has 110 valence electrons. The van der Waals surface area contributed by atoms with E-state index in [1.165, 1.54) is 12.1 Å². The number of carbonyl (C=O) groups is 1. The maximum atomic E-state index is 13.5. The van der Waals surface area contributed by atoms with Crippen molar-refractivity contribution in [2.24, 2.45) is 5.92 Å². The largest absolute Gasteiger partial charge is 0.478 e. The van der Waals surface area contributed by atoms with E-state index < -0.39 is 11.8 Å². The Balaban J connectivity index is 2.32. The molecule has 1 aromatic rings. The smallest absolute Gasteiger partial charge is 0.340 e. The highest BCUT2D eigenvalue weighted by atomic mass is 19.1. The van der Waals surface area contributed by atoms with E-state index in [1.54, 1.807) is 0 Å². The lowest BCUT2D eigenvalue weighted by Gasteiger charge is -2.25. The van der Waals surface area contributed by atoms with E-state index in [1.807, 2.05) is 4.90 Å². The molecule has 20 heavy (non-hydrogen) atoms. The molecular formula is C15H21FN2O2. The van der Waals surface area contributed by atoms with Gasteiger partial charge in [0.05, 0.1) is 11.4 Å². The molecule has 1 unspecified atom stereocenters. The van der Waals surface area contributed by atoms with E-state index in [9.17, 15) is 14.3 Å². The molecule has 0 spiro atoms. The van der Waals surface area contributed by atoms with Gasteiger partial charge < -0.3 is 15.7 Å². The van der Waals surface area contributed by atoms with E-state index in [-0.39, 0.29) is 11.3 Å². The van der Waals surface area contributed by atoms with E-state index in [0.29, 0.717) is 11.6 Å².